The molecule has 0 radical (unpaired) electrons. The van der Waals surface area contributed by atoms with E-state index in [1.807, 2.05) is 6.07 Å². The molecule has 100 valence electrons. The number of rotatable bonds is 5. The quantitative estimate of drug-likeness (QED) is 0.879. The fourth-order valence-electron chi connectivity index (χ4n) is 1.60. The summed E-state index contributed by atoms with van der Waals surface area (Å²) in [7, 11) is 0. The predicted octanol–water partition coefficient (Wildman–Crippen LogP) is 4.35. The zero-order chi connectivity index (χ0) is 13.8. The molecule has 1 aromatic heterocycles. The Labute approximate surface area is 124 Å². The average Bonchev–Trinajstić information content (AvgIpc) is 2.85. The molecule has 0 spiro atoms. The Kier molecular flexibility index (Phi) is 4.61. The molecule has 1 heterocycles. The third kappa shape index (κ3) is 3.58. The molecule has 0 aliphatic carbocycles. The van der Waals surface area contributed by atoms with Crippen LogP contribution in [0.5, 0.6) is 5.75 Å². The summed E-state index contributed by atoms with van der Waals surface area (Å²) in [5, 5.41) is 9.03. The topological polar surface area (TPSA) is 46.5 Å². The summed E-state index contributed by atoms with van der Waals surface area (Å²) in [4.78, 5) is 13.5. The highest BCUT2D eigenvalue weighted by Crippen LogP contribution is 2.24. The summed E-state index contributed by atoms with van der Waals surface area (Å²) in [6, 6.07) is 9.10. The van der Waals surface area contributed by atoms with Crippen molar-refractivity contribution in [2.24, 2.45) is 0 Å². The molecular weight excluding hydrogens is 328 g/mol. The van der Waals surface area contributed by atoms with E-state index in [0.717, 1.165) is 11.3 Å². The molecule has 19 heavy (non-hydrogen) atoms. The summed E-state index contributed by atoms with van der Waals surface area (Å²) in [6.45, 7) is 2.58. The van der Waals surface area contributed by atoms with Crippen molar-refractivity contribution in [3.05, 3.63) is 50.1 Å². The smallest absolute Gasteiger partial charge is 0.336 e. The monoisotopic (exact) mass is 340 g/mol. The van der Waals surface area contributed by atoms with E-state index in [0.29, 0.717) is 16.8 Å². The van der Waals surface area contributed by atoms with E-state index in [9.17, 15) is 4.79 Å². The summed E-state index contributed by atoms with van der Waals surface area (Å²) in [5.74, 6) is -0.409. The third-order valence-electron chi connectivity index (χ3n) is 2.62. The Morgan fingerprint density at radius 3 is 2.68 bits per heavy atom. The normalized spacial score (nSPS) is 10.4. The molecule has 2 aromatic rings. The highest BCUT2D eigenvalue weighted by molar-refractivity contribution is 9.10. The molecule has 1 aromatic carbocycles. The van der Waals surface area contributed by atoms with Crippen LogP contribution >= 0.6 is 27.3 Å². The second-order valence-electron chi connectivity index (χ2n) is 3.96. The number of benzene rings is 1. The van der Waals surface area contributed by atoms with Crippen LogP contribution in [0.4, 0.5) is 0 Å². The molecule has 0 bridgehead atoms. The Bertz CT molecular complexity index is 592. The highest BCUT2D eigenvalue weighted by Gasteiger charge is 2.10. The van der Waals surface area contributed by atoms with Crippen molar-refractivity contribution >= 4 is 33.2 Å². The van der Waals surface area contributed by atoms with Crippen molar-refractivity contribution in [3.8, 4) is 5.75 Å². The number of carboxylic acids is 1. The molecule has 1 N–H and O–H groups in total. The van der Waals surface area contributed by atoms with Crippen LogP contribution in [0.3, 0.4) is 0 Å². The summed E-state index contributed by atoms with van der Waals surface area (Å²) in [5.41, 5.74) is 0.206. The summed E-state index contributed by atoms with van der Waals surface area (Å²) in [6.07, 6.45) is 1.02. The standard InChI is InChI=1S/C14H13BrO3S/c1-2-10-4-5-11(19-10)8-18-9-3-6-13(15)12(7-9)14(16)17/h3-7H,2,8H2,1H3,(H,16,17). The first kappa shape index (κ1) is 14.1. The van der Waals surface area contributed by atoms with E-state index in [1.165, 1.54) is 10.9 Å². The number of hydrogen-bond acceptors (Lipinski definition) is 3. The Balaban J connectivity index is 2.07. The van der Waals surface area contributed by atoms with Crippen molar-refractivity contribution in [2.75, 3.05) is 0 Å². The van der Waals surface area contributed by atoms with Crippen molar-refractivity contribution in [2.45, 2.75) is 20.0 Å². The maximum Gasteiger partial charge on any atom is 0.336 e. The van der Waals surface area contributed by atoms with Gasteiger partial charge in [0.25, 0.3) is 0 Å². The van der Waals surface area contributed by atoms with Gasteiger partial charge in [-0.1, -0.05) is 6.92 Å². The maximum atomic E-state index is 11.0. The largest absolute Gasteiger partial charge is 0.488 e. The first-order valence-corrected chi connectivity index (χ1v) is 7.44. The van der Waals surface area contributed by atoms with Crippen LogP contribution in [-0.2, 0) is 13.0 Å². The number of carbonyl (C=O) groups is 1. The van der Waals surface area contributed by atoms with Gasteiger partial charge in [-0.3, -0.25) is 0 Å². The molecule has 3 nitrogen and oxygen atoms in total. The molecule has 0 atom stereocenters. The lowest BCUT2D eigenvalue weighted by molar-refractivity contribution is 0.0695. The average molecular weight is 341 g/mol. The van der Waals surface area contributed by atoms with E-state index >= 15 is 0 Å². The fraction of sp³-hybridized carbons (Fsp3) is 0.214. The zero-order valence-electron chi connectivity index (χ0n) is 10.4. The van der Waals surface area contributed by atoms with E-state index in [1.54, 1.807) is 23.5 Å². The van der Waals surface area contributed by atoms with Crippen LogP contribution in [0.25, 0.3) is 0 Å². The molecule has 0 aliphatic heterocycles. The Morgan fingerprint density at radius 2 is 2.05 bits per heavy atom. The van der Waals surface area contributed by atoms with Gasteiger partial charge in [0.1, 0.15) is 12.4 Å². The lowest BCUT2D eigenvalue weighted by atomic mass is 10.2. The Morgan fingerprint density at radius 1 is 1.32 bits per heavy atom. The van der Waals surface area contributed by atoms with Gasteiger partial charge >= 0.3 is 5.97 Å². The van der Waals surface area contributed by atoms with Crippen LogP contribution in [-0.4, -0.2) is 11.1 Å². The number of aromatic carboxylic acids is 1. The number of hydrogen-bond donors (Lipinski definition) is 1. The predicted molar refractivity (Wildman–Crippen MR) is 79.1 cm³/mol. The van der Waals surface area contributed by atoms with Crippen molar-refractivity contribution in [3.63, 3.8) is 0 Å². The van der Waals surface area contributed by atoms with Crippen molar-refractivity contribution in [1.82, 2.24) is 0 Å². The molecule has 2 rings (SSSR count). The minimum absolute atomic E-state index is 0.206. The zero-order valence-corrected chi connectivity index (χ0v) is 12.8. The van der Waals surface area contributed by atoms with Gasteiger partial charge in [0.15, 0.2) is 0 Å². The van der Waals surface area contributed by atoms with Gasteiger partial charge in [-0.25, -0.2) is 4.79 Å². The van der Waals surface area contributed by atoms with Crippen LogP contribution in [0.2, 0.25) is 0 Å². The second kappa shape index (κ2) is 6.21. The molecule has 0 fully saturated rings. The summed E-state index contributed by atoms with van der Waals surface area (Å²) < 4.78 is 6.17. The van der Waals surface area contributed by atoms with E-state index in [-0.39, 0.29) is 5.56 Å². The number of aryl methyl sites for hydroxylation is 1. The van der Waals surface area contributed by atoms with Gasteiger partial charge in [-0.05, 0) is 52.7 Å². The van der Waals surface area contributed by atoms with Crippen LogP contribution < -0.4 is 4.74 Å². The van der Waals surface area contributed by atoms with Crippen molar-refractivity contribution < 1.29 is 14.6 Å². The molecule has 0 saturated carbocycles. The van der Waals surface area contributed by atoms with E-state index in [4.69, 9.17) is 9.84 Å². The number of thiophene rings is 1. The molecular formula is C14H13BrO3S. The molecule has 0 aliphatic rings. The SMILES string of the molecule is CCc1ccc(COc2ccc(Br)c(C(=O)O)c2)s1. The fourth-order valence-corrected chi connectivity index (χ4v) is 2.89. The van der Waals surface area contributed by atoms with Crippen LogP contribution in [0, 0.1) is 0 Å². The second-order valence-corrected chi connectivity index (χ2v) is 6.06. The van der Waals surface area contributed by atoms with Gasteiger partial charge in [0.2, 0.25) is 0 Å². The van der Waals surface area contributed by atoms with Gasteiger partial charge in [0.05, 0.1) is 5.56 Å². The number of ether oxygens (including phenoxy) is 1. The van der Waals surface area contributed by atoms with Crippen LogP contribution in [0.15, 0.2) is 34.8 Å². The molecule has 5 heteroatoms. The maximum absolute atomic E-state index is 11.0. The molecule has 0 saturated heterocycles. The molecule has 0 unspecified atom stereocenters. The lowest BCUT2D eigenvalue weighted by Gasteiger charge is -2.06. The van der Waals surface area contributed by atoms with Gasteiger partial charge in [-0.2, -0.15) is 0 Å². The minimum Gasteiger partial charge on any atom is -0.488 e. The van der Waals surface area contributed by atoms with Gasteiger partial charge in [-0.15, -0.1) is 11.3 Å². The first-order chi connectivity index (χ1) is 9.10. The molecule has 0 amide bonds. The lowest BCUT2D eigenvalue weighted by Crippen LogP contribution is -1.99. The highest BCUT2D eigenvalue weighted by atomic mass is 79.9. The third-order valence-corrected chi connectivity index (χ3v) is 4.51. The van der Waals surface area contributed by atoms with Gasteiger partial charge < -0.3 is 9.84 Å². The van der Waals surface area contributed by atoms with E-state index in [2.05, 4.69) is 28.9 Å². The van der Waals surface area contributed by atoms with Gasteiger partial charge in [0, 0.05) is 14.2 Å². The summed E-state index contributed by atoms with van der Waals surface area (Å²) >= 11 is 4.92. The first-order valence-electron chi connectivity index (χ1n) is 5.83. The number of carboxylic acid groups (broad SMARTS) is 1. The van der Waals surface area contributed by atoms with Crippen molar-refractivity contribution in [1.29, 1.82) is 0 Å². The van der Waals surface area contributed by atoms with Crippen LogP contribution in [0.1, 0.15) is 27.0 Å². The Hall–Kier alpha value is -1.33. The number of halogens is 1. The van der Waals surface area contributed by atoms with E-state index < -0.39 is 5.97 Å². The minimum atomic E-state index is -0.971.